The fourth-order valence-corrected chi connectivity index (χ4v) is 7.92. The molecule has 1 aliphatic rings. The molecular weight excluding hydrogens is 414 g/mol. The smallest absolute Gasteiger partial charge is 0.119 e. The summed E-state index contributed by atoms with van der Waals surface area (Å²) in [6.07, 6.45) is 8.18. The van der Waals surface area contributed by atoms with E-state index in [4.69, 9.17) is 4.74 Å². The van der Waals surface area contributed by atoms with Crippen LogP contribution in [0.25, 0.3) is 0 Å². The average molecular weight is 453 g/mol. The van der Waals surface area contributed by atoms with Crippen molar-refractivity contribution >= 4 is 27.1 Å². The number of rotatable bonds is 9. The van der Waals surface area contributed by atoms with E-state index in [-0.39, 0.29) is 13.1 Å². The van der Waals surface area contributed by atoms with E-state index in [0.29, 0.717) is 12.5 Å². The van der Waals surface area contributed by atoms with Crippen molar-refractivity contribution in [3.63, 3.8) is 0 Å². The molecule has 0 heterocycles. The molecule has 0 fully saturated rings. The number of hydrogen-bond donors (Lipinski definition) is 0. The van der Waals surface area contributed by atoms with Crippen molar-refractivity contribution in [2.24, 2.45) is 5.92 Å². The van der Waals surface area contributed by atoms with Gasteiger partial charge in [-0.05, 0) is 73.2 Å². The van der Waals surface area contributed by atoms with Gasteiger partial charge in [-0.2, -0.15) is 0 Å². The molecule has 0 saturated heterocycles. The SMILES string of the molecule is CCC(CC)(Pc1c(C)cccc1P(C)C)C1=CC(C)CC=C1OCc1ccccc1. The van der Waals surface area contributed by atoms with Gasteiger partial charge in [0.2, 0.25) is 0 Å². The zero-order chi connectivity index (χ0) is 22.4. The topological polar surface area (TPSA) is 9.23 Å². The Morgan fingerprint density at radius 2 is 1.74 bits per heavy atom. The molecule has 1 nitrogen and oxygen atoms in total. The molecule has 0 saturated carbocycles. The maximum absolute atomic E-state index is 6.49. The van der Waals surface area contributed by atoms with Gasteiger partial charge in [0.1, 0.15) is 12.4 Å². The molecule has 0 N–H and O–H groups in total. The standard InChI is InChI=1S/C28H38OP2/c1-7-28(8-2,30-27-22(4)13-12-16-26(27)31(5)6)24-19-21(3)17-18-25(24)29-20-23-14-10-9-11-15-23/h9-16,18-19,21,30H,7-8,17,20H2,1-6H3. The van der Waals surface area contributed by atoms with E-state index >= 15 is 0 Å². The van der Waals surface area contributed by atoms with Crippen LogP contribution >= 0.6 is 16.5 Å². The minimum absolute atomic E-state index is 0.128. The molecule has 1 aliphatic carbocycles. The molecule has 31 heavy (non-hydrogen) atoms. The lowest BCUT2D eigenvalue weighted by molar-refractivity contribution is 0.198. The van der Waals surface area contributed by atoms with Crippen LogP contribution in [0, 0.1) is 12.8 Å². The van der Waals surface area contributed by atoms with Gasteiger partial charge in [-0.3, -0.25) is 0 Å². The average Bonchev–Trinajstić information content (AvgIpc) is 2.78. The third-order valence-electron chi connectivity index (χ3n) is 6.45. The zero-order valence-electron chi connectivity index (χ0n) is 20.0. The Morgan fingerprint density at radius 3 is 2.39 bits per heavy atom. The fraction of sp³-hybridized carbons (Fsp3) is 0.429. The Kier molecular flexibility index (Phi) is 8.55. The maximum Gasteiger partial charge on any atom is 0.119 e. The van der Waals surface area contributed by atoms with Crippen LogP contribution in [-0.4, -0.2) is 18.5 Å². The van der Waals surface area contributed by atoms with Gasteiger partial charge in [-0.25, -0.2) is 0 Å². The molecule has 166 valence electrons. The minimum atomic E-state index is -0.128. The molecule has 0 amide bonds. The lowest BCUT2D eigenvalue weighted by Crippen LogP contribution is -2.34. The predicted octanol–water partition coefficient (Wildman–Crippen LogP) is 7.29. The minimum Gasteiger partial charge on any atom is -0.489 e. The summed E-state index contributed by atoms with van der Waals surface area (Å²) in [6.45, 7) is 14.8. The molecule has 3 heteroatoms. The molecule has 2 unspecified atom stereocenters. The number of aryl methyl sites for hydroxylation is 1. The molecule has 0 spiro atoms. The van der Waals surface area contributed by atoms with Crippen LogP contribution in [0.2, 0.25) is 0 Å². The highest BCUT2D eigenvalue weighted by molar-refractivity contribution is 7.66. The van der Waals surface area contributed by atoms with Crippen molar-refractivity contribution in [3.8, 4) is 0 Å². The van der Waals surface area contributed by atoms with E-state index in [1.54, 1.807) is 10.6 Å². The van der Waals surface area contributed by atoms with E-state index in [9.17, 15) is 0 Å². The summed E-state index contributed by atoms with van der Waals surface area (Å²) in [4.78, 5) is 0. The molecular formula is C28H38OP2. The lowest BCUT2D eigenvalue weighted by Gasteiger charge is -2.39. The van der Waals surface area contributed by atoms with Crippen molar-refractivity contribution < 1.29 is 4.74 Å². The maximum atomic E-state index is 6.49. The second kappa shape index (κ2) is 10.9. The highest BCUT2D eigenvalue weighted by Gasteiger charge is 2.36. The first-order valence-electron chi connectivity index (χ1n) is 11.5. The molecule has 2 atom stereocenters. The van der Waals surface area contributed by atoms with Crippen LogP contribution in [0.5, 0.6) is 0 Å². The Hall–Kier alpha value is -1.42. The summed E-state index contributed by atoms with van der Waals surface area (Å²) in [7, 11) is 0.633. The van der Waals surface area contributed by atoms with Gasteiger partial charge < -0.3 is 4.74 Å². The van der Waals surface area contributed by atoms with E-state index in [1.165, 1.54) is 16.7 Å². The normalized spacial score (nSPS) is 17.2. The highest BCUT2D eigenvalue weighted by atomic mass is 31.1. The molecule has 0 aliphatic heterocycles. The lowest BCUT2D eigenvalue weighted by atomic mass is 9.84. The van der Waals surface area contributed by atoms with E-state index in [1.807, 2.05) is 0 Å². The molecule has 0 aromatic heterocycles. The van der Waals surface area contributed by atoms with Gasteiger partial charge in [0, 0.05) is 10.7 Å². The summed E-state index contributed by atoms with van der Waals surface area (Å²) in [5.74, 6) is 1.68. The van der Waals surface area contributed by atoms with Crippen LogP contribution < -0.4 is 10.6 Å². The van der Waals surface area contributed by atoms with Crippen LogP contribution in [0.15, 0.2) is 72.0 Å². The second-order valence-corrected chi connectivity index (χ2v) is 12.9. The summed E-state index contributed by atoms with van der Waals surface area (Å²) in [6, 6.07) is 17.4. The van der Waals surface area contributed by atoms with Crippen LogP contribution in [0.1, 0.15) is 51.2 Å². The quantitative estimate of drug-likeness (QED) is 0.363. The Bertz CT molecular complexity index is 923. The van der Waals surface area contributed by atoms with Gasteiger partial charge in [-0.15, -0.1) is 0 Å². The van der Waals surface area contributed by atoms with Crippen molar-refractivity contribution in [1.29, 1.82) is 0 Å². The van der Waals surface area contributed by atoms with Gasteiger partial charge in [0.15, 0.2) is 0 Å². The Morgan fingerprint density at radius 1 is 1.03 bits per heavy atom. The van der Waals surface area contributed by atoms with Gasteiger partial charge in [-0.1, -0.05) is 91.9 Å². The molecule has 2 aromatic rings. The number of allylic oxidation sites excluding steroid dienone is 3. The first-order chi connectivity index (χ1) is 14.9. The van der Waals surface area contributed by atoms with E-state index in [2.05, 4.69) is 102 Å². The summed E-state index contributed by atoms with van der Waals surface area (Å²) in [5, 5.41) is 3.28. The summed E-state index contributed by atoms with van der Waals surface area (Å²) >= 11 is 0. The third-order valence-corrected chi connectivity index (χ3v) is 10.4. The summed E-state index contributed by atoms with van der Waals surface area (Å²) < 4.78 is 6.49. The van der Waals surface area contributed by atoms with Crippen LogP contribution in [0.4, 0.5) is 0 Å². The third kappa shape index (κ3) is 5.69. The van der Waals surface area contributed by atoms with Crippen molar-refractivity contribution in [2.45, 2.75) is 58.7 Å². The zero-order valence-corrected chi connectivity index (χ0v) is 21.9. The summed E-state index contributed by atoms with van der Waals surface area (Å²) in [5.41, 5.74) is 4.11. The largest absolute Gasteiger partial charge is 0.489 e. The Labute approximate surface area is 192 Å². The first-order valence-corrected chi connectivity index (χ1v) is 14.8. The van der Waals surface area contributed by atoms with E-state index in [0.717, 1.165) is 33.6 Å². The molecule has 0 radical (unpaired) electrons. The van der Waals surface area contributed by atoms with Gasteiger partial charge in [0.25, 0.3) is 0 Å². The molecule has 2 aromatic carbocycles. The first kappa shape index (κ1) is 24.2. The van der Waals surface area contributed by atoms with Crippen LogP contribution in [0.3, 0.4) is 0 Å². The Balaban J connectivity index is 1.96. The highest BCUT2D eigenvalue weighted by Crippen LogP contribution is 2.49. The van der Waals surface area contributed by atoms with Crippen LogP contribution in [-0.2, 0) is 11.3 Å². The monoisotopic (exact) mass is 452 g/mol. The molecule has 3 rings (SSSR count). The van der Waals surface area contributed by atoms with Crippen molar-refractivity contribution in [2.75, 3.05) is 13.3 Å². The van der Waals surface area contributed by atoms with E-state index < -0.39 is 0 Å². The number of hydrogen-bond acceptors (Lipinski definition) is 1. The fourth-order valence-electron chi connectivity index (χ4n) is 4.41. The predicted molar refractivity (Wildman–Crippen MR) is 142 cm³/mol. The van der Waals surface area contributed by atoms with Crippen molar-refractivity contribution in [3.05, 3.63) is 83.1 Å². The number of benzene rings is 2. The van der Waals surface area contributed by atoms with Gasteiger partial charge in [0.05, 0.1) is 0 Å². The van der Waals surface area contributed by atoms with Gasteiger partial charge >= 0.3 is 0 Å². The second-order valence-electron chi connectivity index (χ2n) is 8.91. The molecule has 0 bridgehead atoms. The van der Waals surface area contributed by atoms with Crippen molar-refractivity contribution in [1.82, 2.24) is 0 Å². The number of ether oxygens (including phenoxy) is 1.